The number of amides is 1. The zero-order valence-corrected chi connectivity index (χ0v) is 14.4. The van der Waals surface area contributed by atoms with Crippen LogP contribution in [0.1, 0.15) is 6.42 Å². The van der Waals surface area contributed by atoms with E-state index in [0.717, 1.165) is 30.7 Å². The van der Waals surface area contributed by atoms with Gasteiger partial charge in [0, 0.05) is 32.1 Å². The number of fused-ring (bicyclic) bond motifs is 1. The van der Waals surface area contributed by atoms with E-state index in [1.807, 2.05) is 30.6 Å². The van der Waals surface area contributed by atoms with Gasteiger partial charge < -0.3 is 19.9 Å². The Morgan fingerprint density at radius 2 is 2.22 bits per heavy atom. The molecular formula is C15H22Cl2N4O2. The Kier molecular flexibility index (Phi) is 8.33. The van der Waals surface area contributed by atoms with Gasteiger partial charge in [0.25, 0.3) is 0 Å². The third kappa shape index (κ3) is 5.35. The number of para-hydroxylation sites is 2. The lowest BCUT2D eigenvalue weighted by Gasteiger charge is -2.23. The molecule has 1 unspecified atom stereocenters. The first-order chi connectivity index (χ1) is 10.3. The van der Waals surface area contributed by atoms with E-state index in [4.69, 9.17) is 4.74 Å². The summed E-state index contributed by atoms with van der Waals surface area (Å²) >= 11 is 0. The lowest BCUT2D eigenvalue weighted by molar-refractivity contribution is -0.122. The van der Waals surface area contributed by atoms with E-state index in [1.54, 1.807) is 0 Å². The van der Waals surface area contributed by atoms with E-state index in [-0.39, 0.29) is 36.8 Å². The summed E-state index contributed by atoms with van der Waals surface area (Å²) in [5.41, 5.74) is 2.07. The number of ether oxygens (including phenoxy) is 1. The van der Waals surface area contributed by atoms with Gasteiger partial charge in [-0.2, -0.15) is 0 Å². The number of imidazole rings is 1. The van der Waals surface area contributed by atoms with Gasteiger partial charge in [-0.05, 0) is 12.1 Å². The van der Waals surface area contributed by atoms with Crippen molar-refractivity contribution in [3.8, 4) is 0 Å². The lowest BCUT2D eigenvalue weighted by Crippen LogP contribution is -2.44. The number of nitrogens with one attached hydrogen (secondary N) is 2. The van der Waals surface area contributed by atoms with Crippen LogP contribution in [0, 0.1) is 0 Å². The molecule has 0 spiro atoms. The van der Waals surface area contributed by atoms with Gasteiger partial charge in [0.2, 0.25) is 5.91 Å². The molecule has 8 heteroatoms. The van der Waals surface area contributed by atoms with E-state index < -0.39 is 0 Å². The minimum absolute atomic E-state index is 0. The average molecular weight is 361 g/mol. The predicted octanol–water partition coefficient (Wildman–Crippen LogP) is 1.37. The molecule has 3 rings (SSSR count). The molecule has 1 aromatic heterocycles. The van der Waals surface area contributed by atoms with Crippen molar-refractivity contribution < 1.29 is 9.53 Å². The van der Waals surface area contributed by atoms with E-state index in [0.29, 0.717) is 19.6 Å². The third-order valence-electron chi connectivity index (χ3n) is 3.63. The van der Waals surface area contributed by atoms with Crippen molar-refractivity contribution in [1.82, 2.24) is 20.2 Å². The highest BCUT2D eigenvalue weighted by Gasteiger charge is 2.16. The van der Waals surface area contributed by atoms with Crippen LogP contribution in [0.25, 0.3) is 11.0 Å². The highest BCUT2D eigenvalue weighted by atomic mass is 35.5. The summed E-state index contributed by atoms with van der Waals surface area (Å²) in [4.78, 5) is 16.2. The monoisotopic (exact) mass is 360 g/mol. The number of benzene rings is 1. The van der Waals surface area contributed by atoms with Crippen molar-refractivity contribution in [3.63, 3.8) is 0 Å². The number of hydrogen-bond acceptors (Lipinski definition) is 4. The summed E-state index contributed by atoms with van der Waals surface area (Å²) in [6.45, 7) is 3.48. The van der Waals surface area contributed by atoms with Gasteiger partial charge >= 0.3 is 0 Å². The molecule has 1 atom stereocenters. The zero-order valence-electron chi connectivity index (χ0n) is 12.7. The maximum absolute atomic E-state index is 11.9. The molecule has 0 saturated carbocycles. The molecule has 1 saturated heterocycles. The summed E-state index contributed by atoms with van der Waals surface area (Å²) < 4.78 is 7.39. The molecule has 1 amide bonds. The smallest absolute Gasteiger partial charge is 0.221 e. The number of morpholine rings is 1. The quantitative estimate of drug-likeness (QED) is 0.844. The summed E-state index contributed by atoms with van der Waals surface area (Å²) in [5, 5.41) is 6.23. The van der Waals surface area contributed by atoms with Crippen molar-refractivity contribution in [3.05, 3.63) is 30.6 Å². The van der Waals surface area contributed by atoms with Crippen molar-refractivity contribution in [2.24, 2.45) is 0 Å². The molecule has 1 aliphatic rings. The Labute approximate surface area is 147 Å². The van der Waals surface area contributed by atoms with Gasteiger partial charge in [0.15, 0.2) is 0 Å². The van der Waals surface area contributed by atoms with Gasteiger partial charge in [0.1, 0.15) is 0 Å². The van der Waals surface area contributed by atoms with Crippen molar-refractivity contribution in [1.29, 1.82) is 0 Å². The van der Waals surface area contributed by atoms with Gasteiger partial charge in [-0.3, -0.25) is 4.79 Å². The number of rotatable bonds is 5. The Balaban J connectivity index is 0.00000132. The number of aromatic nitrogens is 2. The molecule has 1 aromatic carbocycles. The second kappa shape index (κ2) is 9.72. The first-order valence-corrected chi connectivity index (χ1v) is 7.30. The molecule has 128 valence electrons. The van der Waals surface area contributed by atoms with Crippen LogP contribution < -0.4 is 10.6 Å². The largest absolute Gasteiger partial charge is 0.378 e. The maximum Gasteiger partial charge on any atom is 0.221 e. The van der Waals surface area contributed by atoms with Crippen LogP contribution in [0.3, 0.4) is 0 Å². The van der Waals surface area contributed by atoms with E-state index >= 15 is 0 Å². The molecule has 0 aliphatic carbocycles. The molecular weight excluding hydrogens is 339 g/mol. The molecule has 2 heterocycles. The molecule has 6 nitrogen and oxygen atoms in total. The van der Waals surface area contributed by atoms with Gasteiger partial charge in [0.05, 0.1) is 30.6 Å². The molecule has 2 aromatic rings. The Morgan fingerprint density at radius 1 is 1.39 bits per heavy atom. The van der Waals surface area contributed by atoms with Crippen LogP contribution in [-0.4, -0.2) is 47.8 Å². The van der Waals surface area contributed by atoms with Crippen molar-refractivity contribution >= 4 is 41.8 Å². The first-order valence-electron chi connectivity index (χ1n) is 7.30. The number of hydrogen-bond donors (Lipinski definition) is 2. The molecule has 1 aliphatic heterocycles. The van der Waals surface area contributed by atoms with Crippen LogP contribution in [-0.2, 0) is 16.1 Å². The van der Waals surface area contributed by atoms with E-state index in [1.165, 1.54) is 0 Å². The normalized spacial score (nSPS) is 17.1. The van der Waals surface area contributed by atoms with Crippen LogP contribution in [0.2, 0.25) is 0 Å². The predicted molar refractivity (Wildman–Crippen MR) is 94.5 cm³/mol. The van der Waals surface area contributed by atoms with Crippen LogP contribution in [0.5, 0.6) is 0 Å². The zero-order chi connectivity index (χ0) is 14.5. The maximum atomic E-state index is 11.9. The summed E-state index contributed by atoms with van der Waals surface area (Å²) in [6.07, 6.45) is 2.28. The fraction of sp³-hybridized carbons (Fsp3) is 0.467. The second-order valence-electron chi connectivity index (χ2n) is 5.21. The van der Waals surface area contributed by atoms with Crippen LogP contribution in [0.15, 0.2) is 30.6 Å². The second-order valence-corrected chi connectivity index (χ2v) is 5.21. The molecule has 0 bridgehead atoms. The van der Waals surface area contributed by atoms with E-state index in [9.17, 15) is 4.79 Å². The number of carbonyl (C=O) groups is 1. The van der Waals surface area contributed by atoms with Crippen LogP contribution in [0.4, 0.5) is 0 Å². The summed E-state index contributed by atoms with van der Waals surface area (Å²) in [5.74, 6) is 0.0578. The van der Waals surface area contributed by atoms with Crippen molar-refractivity contribution in [2.75, 3.05) is 26.3 Å². The summed E-state index contributed by atoms with van der Waals surface area (Å²) in [6, 6.07) is 8.12. The first kappa shape index (κ1) is 19.7. The Hall–Kier alpha value is -1.34. The average Bonchev–Trinajstić information content (AvgIpc) is 2.92. The lowest BCUT2D eigenvalue weighted by atomic mass is 10.2. The Bertz CT molecular complexity index is 614. The molecule has 2 N–H and O–H groups in total. The van der Waals surface area contributed by atoms with Crippen LogP contribution >= 0.6 is 24.8 Å². The highest BCUT2D eigenvalue weighted by Crippen LogP contribution is 2.11. The fourth-order valence-corrected chi connectivity index (χ4v) is 2.55. The SMILES string of the molecule is Cl.Cl.O=C(CC1COCCN1)NCCn1cnc2ccccc21. The fourth-order valence-electron chi connectivity index (χ4n) is 2.55. The van der Waals surface area contributed by atoms with E-state index in [2.05, 4.69) is 20.2 Å². The Morgan fingerprint density at radius 3 is 3.00 bits per heavy atom. The minimum Gasteiger partial charge on any atom is -0.378 e. The molecule has 23 heavy (non-hydrogen) atoms. The summed E-state index contributed by atoms with van der Waals surface area (Å²) in [7, 11) is 0. The number of carbonyl (C=O) groups excluding carboxylic acids is 1. The van der Waals surface area contributed by atoms with Crippen molar-refractivity contribution in [2.45, 2.75) is 19.0 Å². The molecule has 0 radical (unpaired) electrons. The number of halogens is 2. The highest BCUT2D eigenvalue weighted by molar-refractivity contribution is 5.85. The standard InChI is InChI=1S/C15H20N4O2.2ClH/c20-15(9-12-10-21-8-6-16-12)17-5-7-19-11-18-13-3-1-2-4-14(13)19;;/h1-4,11-12,16H,5-10H2,(H,17,20);2*1H. The number of nitrogens with zero attached hydrogens (tertiary/aromatic N) is 2. The topological polar surface area (TPSA) is 68.2 Å². The van der Waals surface area contributed by atoms with Gasteiger partial charge in [-0.25, -0.2) is 4.98 Å². The third-order valence-corrected chi connectivity index (χ3v) is 3.63. The minimum atomic E-state index is 0. The molecule has 1 fully saturated rings. The van der Waals surface area contributed by atoms with Gasteiger partial charge in [-0.15, -0.1) is 24.8 Å². The van der Waals surface area contributed by atoms with Gasteiger partial charge in [-0.1, -0.05) is 12.1 Å².